The molecule has 0 saturated carbocycles. The Kier molecular flexibility index (Phi) is 5.52. The number of hydrogen-bond acceptors (Lipinski definition) is 5. The average molecular weight is 314 g/mol. The molecular weight excluding hydrogens is 294 g/mol. The van der Waals surface area contributed by atoms with E-state index in [4.69, 9.17) is 22.1 Å². The van der Waals surface area contributed by atoms with Gasteiger partial charge in [-0.05, 0) is 18.9 Å². The van der Waals surface area contributed by atoms with Crippen LogP contribution < -0.4 is 5.73 Å². The van der Waals surface area contributed by atoms with Crippen molar-refractivity contribution in [3.63, 3.8) is 0 Å². The van der Waals surface area contributed by atoms with Gasteiger partial charge in [-0.2, -0.15) is 0 Å². The molecule has 2 rings (SSSR count). The van der Waals surface area contributed by atoms with Crippen molar-refractivity contribution >= 4 is 17.3 Å². The van der Waals surface area contributed by atoms with Gasteiger partial charge in [-0.15, -0.1) is 0 Å². The van der Waals surface area contributed by atoms with Crippen molar-refractivity contribution in [2.24, 2.45) is 5.73 Å². The molecule has 0 amide bonds. The lowest BCUT2D eigenvalue weighted by molar-refractivity contribution is -0.385. The van der Waals surface area contributed by atoms with E-state index in [0.717, 1.165) is 19.4 Å². The van der Waals surface area contributed by atoms with Crippen LogP contribution in [-0.4, -0.2) is 42.2 Å². The fourth-order valence-electron chi connectivity index (χ4n) is 2.81. The van der Waals surface area contributed by atoms with E-state index in [9.17, 15) is 10.1 Å². The number of nitro groups is 1. The fourth-order valence-corrected chi connectivity index (χ4v) is 3.04. The van der Waals surface area contributed by atoms with Crippen molar-refractivity contribution in [2.45, 2.75) is 31.5 Å². The van der Waals surface area contributed by atoms with Gasteiger partial charge in [0.05, 0.1) is 21.6 Å². The van der Waals surface area contributed by atoms with Crippen LogP contribution in [0.2, 0.25) is 5.02 Å². The zero-order valence-electron chi connectivity index (χ0n) is 12.0. The molecule has 2 atom stereocenters. The van der Waals surface area contributed by atoms with Crippen molar-refractivity contribution < 1.29 is 9.66 Å². The predicted octanol–water partition coefficient (Wildman–Crippen LogP) is 2.19. The summed E-state index contributed by atoms with van der Waals surface area (Å²) in [5, 5.41) is 11.6. The largest absolute Gasteiger partial charge is 0.381 e. The van der Waals surface area contributed by atoms with Gasteiger partial charge in [-0.25, -0.2) is 0 Å². The van der Waals surface area contributed by atoms with Crippen molar-refractivity contribution in [1.29, 1.82) is 0 Å². The number of nitro benzene ring substituents is 1. The van der Waals surface area contributed by atoms with Gasteiger partial charge < -0.3 is 10.5 Å². The summed E-state index contributed by atoms with van der Waals surface area (Å²) in [7, 11) is 1.70. The molecule has 0 spiro atoms. The minimum atomic E-state index is -0.388. The topological polar surface area (TPSA) is 81.6 Å². The molecule has 21 heavy (non-hydrogen) atoms. The first-order valence-electron chi connectivity index (χ1n) is 6.95. The smallest absolute Gasteiger partial charge is 0.275 e. The quantitative estimate of drug-likeness (QED) is 0.665. The molecule has 2 N–H and O–H groups in total. The van der Waals surface area contributed by atoms with E-state index in [-0.39, 0.29) is 22.8 Å². The highest BCUT2D eigenvalue weighted by Gasteiger charge is 2.29. The Bertz CT molecular complexity index is 512. The van der Waals surface area contributed by atoms with Crippen molar-refractivity contribution in [3.8, 4) is 0 Å². The summed E-state index contributed by atoms with van der Waals surface area (Å²) in [5.74, 6) is 0. The first kappa shape index (κ1) is 16.2. The number of rotatable bonds is 5. The monoisotopic (exact) mass is 313 g/mol. The number of halogens is 1. The van der Waals surface area contributed by atoms with E-state index in [1.165, 1.54) is 6.07 Å². The lowest BCUT2D eigenvalue weighted by Crippen LogP contribution is -2.48. The van der Waals surface area contributed by atoms with Crippen LogP contribution in [0.1, 0.15) is 18.4 Å². The second kappa shape index (κ2) is 7.17. The number of methoxy groups -OCH3 is 1. The minimum absolute atomic E-state index is 0.0622. The van der Waals surface area contributed by atoms with Crippen molar-refractivity contribution in [1.82, 2.24) is 4.90 Å². The maximum atomic E-state index is 11.1. The third kappa shape index (κ3) is 3.71. The molecule has 1 aromatic carbocycles. The summed E-state index contributed by atoms with van der Waals surface area (Å²) in [4.78, 5) is 12.9. The van der Waals surface area contributed by atoms with Crippen LogP contribution in [0.25, 0.3) is 0 Å². The Balaban J connectivity index is 2.19. The van der Waals surface area contributed by atoms with Gasteiger partial charge in [0.2, 0.25) is 0 Å². The van der Waals surface area contributed by atoms with Crippen LogP contribution >= 0.6 is 11.6 Å². The second-order valence-electron chi connectivity index (χ2n) is 5.24. The summed E-state index contributed by atoms with van der Waals surface area (Å²) in [6.45, 7) is 1.73. The number of likely N-dealkylation sites (tertiary alicyclic amines) is 1. The summed E-state index contributed by atoms with van der Waals surface area (Å²) in [6.07, 6.45) is 1.94. The van der Waals surface area contributed by atoms with E-state index in [0.29, 0.717) is 23.7 Å². The summed E-state index contributed by atoms with van der Waals surface area (Å²) < 4.78 is 5.39. The van der Waals surface area contributed by atoms with Crippen LogP contribution in [0.3, 0.4) is 0 Å². The SMILES string of the molecule is COC1CCN(Cc2c(Cl)cccc2[N+](=O)[O-])C(CN)C1. The lowest BCUT2D eigenvalue weighted by atomic mass is 9.98. The molecule has 1 saturated heterocycles. The van der Waals surface area contributed by atoms with Crippen molar-refractivity contribution in [3.05, 3.63) is 38.9 Å². The first-order chi connectivity index (χ1) is 10.1. The zero-order chi connectivity index (χ0) is 15.4. The molecule has 2 unspecified atom stereocenters. The van der Waals surface area contributed by atoms with Crippen LogP contribution in [0.4, 0.5) is 5.69 Å². The van der Waals surface area contributed by atoms with Gasteiger partial charge >= 0.3 is 0 Å². The molecule has 1 aliphatic rings. The second-order valence-corrected chi connectivity index (χ2v) is 5.64. The van der Waals surface area contributed by atoms with Gasteiger partial charge in [-0.3, -0.25) is 15.0 Å². The number of ether oxygens (including phenoxy) is 1. The Hall–Kier alpha value is -1.21. The number of piperidine rings is 1. The number of benzene rings is 1. The molecule has 1 fully saturated rings. The van der Waals surface area contributed by atoms with Crippen molar-refractivity contribution in [2.75, 3.05) is 20.2 Å². The van der Waals surface area contributed by atoms with Crippen LogP contribution in [0, 0.1) is 10.1 Å². The number of nitrogens with two attached hydrogens (primary N) is 1. The van der Waals surface area contributed by atoms with E-state index in [2.05, 4.69) is 4.90 Å². The van der Waals surface area contributed by atoms with E-state index >= 15 is 0 Å². The molecule has 0 bridgehead atoms. The van der Waals surface area contributed by atoms with E-state index in [1.54, 1.807) is 19.2 Å². The molecule has 0 aromatic heterocycles. The first-order valence-corrected chi connectivity index (χ1v) is 7.33. The molecule has 7 heteroatoms. The predicted molar refractivity (Wildman–Crippen MR) is 81.4 cm³/mol. The Morgan fingerprint density at radius 1 is 1.57 bits per heavy atom. The third-order valence-electron chi connectivity index (χ3n) is 4.05. The van der Waals surface area contributed by atoms with Gasteiger partial charge in [0.25, 0.3) is 5.69 Å². The fraction of sp³-hybridized carbons (Fsp3) is 0.571. The van der Waals surface area contributed by atoms with Crippen LogP contribution in [0.5, 0.6) is 0 Å². The molecule has 116 valence electrons. The standard InChI is InChI=1S/C14H20ClN3O3/c1-21-11-5-6-17(10(7-11)8-16)9-12-13(15)3-2-4-14(12)18(19)20/h2-4,10-11H,5-9,16H2,1H3. The molecule has 6 nitrogen and oxygen atoms in total. The van der Waals surface area contributed by atoms with Crippen LogP contribution in [0.15, 0.2) is 18.2 Å². The average Bonchev–Trinajstić information content (AvgIpc) is 2.49. The minimum Gasteiger partial charge on any atom is -0.381 e. The highest BCUT2D eigenvalue weighted by Crippen LogP contribution is 2.30. The van der Waals surface area contributed by atoms with E-state index < -0.39 is 0 Å². The zero-order valence-corrected chi connectivity index (χ0v) is 12.8. The molecule has 1 heterocycles. The Labute approximate surface area is 129 Å². The summed E-state index contributed by atoms with van der Waals surface area (Å²) in [5.41, 5.74) is 6.45. The molecular formula is C14H20ClN3O3. The maximum Gasteiger partial charge on any atom is 0.275 e. The van der Waals surface area contributed by atoms with Crippen LogP contribution in [-0.2, 0) is 11.3 Å². The maximum absolute atomic E-state index is 11.1. The Morgan fingerprint density at radius 2 is 2.33 bits per heavy atom. The molecule has 1 aliphatic heterocycles. The molecule has 0 aliphatic carbocycles. The third-order valence-corrected chi connectivity index (χ3v) is 4.40. The Morgan fingerprint density at radius 3 is 2.95 bits per heavy atom. The lowest BCUT2D eigenvalue weighted by Gasteiger charge is -2.38. The number of hydrogen-bond donors (Lipinski definition) is 1. The van der Waals surface area contributed by atoms with Gasteiger partial charge in [0.1, 0.15) is 0 Å². The highest BCUT2D eigenvalue weighted by molar-refractivity contribution is 6.31. The summed E-state index contributed by atoms with van der Waals surface area (Å²) >= 11 is 6.15. The van der Waals surface area contributed by atoms with Gasteiger partial charge in [-0.1, -0.05) is 17.7 Å². The van der Waals surface area contributed by atoms with Gasteiger partial charge in [0, 0.05) is 38.9 Å². The van der Waals surface area contributed by atoms with E-state index in [1.807, 2.05) is 0 Å². The normalized spacial score (nSPS) is 23.2. The summed E-state index contributed by atoms with van der Waals surface area (Å²) in [6, 6.07) is 4.92. The van der Waals surface area contributed by atoms with Gasteiger partial charge in [0.15, 0.2) is 0 Å². The highest BCUT2D eigenvalue weighted by atomic mass is 35.5. The number of nitrogens with zero attached hydrogens (tertiary/aromatic N) is 2. The molecule has 1 aromatic rings. The molecule has 0 radical (unpaired) electrons.